The Balaban J connectivity index is 0.00000338. The van der Waals surface area contributed by atoms with Gasteiger partial charge in [0.2, 0.25) is 0 Å². The molecule has 5 heteroatoms. The molecule has 0 radical (unpaired) electrons. The Morgan fingerprint density at radius 1 is 1.23 bits per heavy atom. The molecule has 1 aliphatic rings. The number of hydrogen-bond acceptors (Lipinski definition) is 2. The maximum Gasteiger partial charge on any atom is 0.191 e. The van der Waals surface area contributed by atoms with E-state index in [1.165, 1.54) is 36.9 Å². The van der Waals surface area contributed by atoms with Crippen molar-refractivity contribution in [3.05, 3.63) is 35.4 Å². The number of nitrogens with zero attached hydrogens (tertiary/aromatic N) is 2. The molecule has 148 valence electrons. The zero-order valence-corrected chi connectivity index (χ0v) is 19.3. The van der Waals surface area contributed by atoms with Gasteiger partial charge in [0.15, 0.2) is 5.96 Å². The summed E-state index contributed by atoms with van der Waals surface area (Å²) in [5.74, 6) is 1.55. The molecule has 2 rings (SSSR count). The molecule has 0 amide bonds. The number of fused-ring (bicyclic) bond motifs is 1. The second-order valence-electron chi connectivity index (χ2n) is 7.03. The number of rotatable bonds is 10. The fraction of sp³-hybridized carbons (Fsp3) is 0.667. The number of nitrogens with one attached hydrogen (secondary N) is 2. The van der Waals surface area contributed by atoms with Crippen molar-refractivity contribution >= 4 is 29.9 Å². The van der Waals surface area contributed by atoms with Crippen molar-refractivity contribution in [3.63, 3.8) is 0 Å². The molecular formula is C21H37IN4. The molecule has 0 saturated carbocycles. The fourth-order valence-corrected chi connectivity index (χ4v) is 3.51. The van der Waals surface area contributed by atoms with Crippen molar-refractivity contribution in [2.24, 2.45) is 4.99 Å². The van der Waals surface area contributed by atoms with Gasteiger partial charge in [0.05, 0.1) is 0 Å². The van der Waals surface area contributed by atoms with Crippen molar-refractivity contribution < 1.29 is 0 Å². The summed E-state index contributed by atoms with van der Waals surface area (Å²) in [5.41, 5.74) is 2.97. The number of aliphatic imine (C=N–C) groups is 1. The first kappa shape index (κ1) is 23.2. The summed E-state index contributed by atoms with van der Waals surface area (Å²) in [6.07, 6.45) is 3.57. The first-order chi connectivity index (χ1) is 12.2. The Hall–Kier alpha value is -0.820. The number of guanidine groups is 1. The standard InChI is InChI=1S/C21H36N4.HI/c1-5-22-21(24-17(4)11-10-14-25(6-2)7-3)23-16-19-15-18-12-8-9-13-20(18)19;/h8-9,12-13,17,19H,5-7,10-11,14-16H2,1-4H3,(H2,22,23,24);1H. The van der Waals surface area contributed by atoms with E-state index in [-0.39, 0.29) is 24.0 Å². The van der Waals surface area contributed by atoms with Crippen LogP contribution in [0.1, 0.15) is 57.6 Å². The molecule has 1 aromatic rings. The minimum Gasteiger partial charge on any atom is -0.357 e. The smallest absolute Gasteiger partial charge is 0.191 e. The zero-order valence-electron chi connectivity index (χ0n) is 16.9. The third-order valence-electron chi connectivity index (χ3n) is 5.16. The third kappa shape index (κ3) is 7.06. The molecular weight excluding hydrogens is 435 g/mol. The van der Waals surface area contributed by atoms with E-state index in [0.29, 0.717) is 12.0 Å². The Kier molecular flexibility index (Phi) is 11.2. The molecule has 0 heterocycles. The summed E-state index contributed by atoms with van der Waals surface area (Å²) in [4.78, 5) is 7.32. The van der Waals surface area contributed by atoms with E-state index < -0.39 is 0 Å². The van der Waals surface area contributed by atoms with Crippen LogP contribution in [0.2, 0.25) is 0 Å². The van der Waals surface area contributed by atoms with Crippen LogP contribution in [0.5, 0.6) is 0 Å². The van der Waals surface area contributed by atoms with Crippen molar-refractivity contribution in [2.75, 3.05) is 32.7 Å². The molecule has 2 atom stereocenters. The minimum atomic E-state index is 0. The second kappa shape index (κ2) is 12.5. The van der Waals surface area contributed by atoms with Gasteiger partial charge in [0.25, 0.3) is 0 Å². The summed E-state index contributed by atoms with van der Waals surface area (Å²) in [5, 5.41) is 6.97. The third-order valence-corrected chi connectivity index (χ3v) is 5.16. The predicted octanol–water partition coefficient (Wildman–Crippen LogP) is 4.01. The Morgan fingerprint density at radius 2 is 1.96 bits per heavy atom. The van der Waals surface area contributed by atoms with Crippen LogP contribution in [-0.2, 0) is 6.42 Å². The minimum absolute atomic E-state index is 0. The molecule has 1 aromatic carbocycles. The highest BCUT2D eigenvalue weighted by atomic mass is 127. The van der Waals surface area contributed by atoms with Gasteiger partial charge in [0.1, 0.15) is 0 Å². The summed E-state index contributed by atoms with van der Waals surface area (Å²) in [6.45, 7) is 14.1. The molecule has 0 saturated heterocycles. The summed E-state index contributed by atoms with van der Waals surface area (Å²) in [6, 6.07) is 9.19. The van der Waals surface area contributed by atoms with Crippen LogP contribution in [0.3, 0.4) is 0 Å². The van der Waals surface area contributed by atoms with Gasteiger partial charge in [-0.15, -0.1) is 24.0 Å². The Bertz CT molecular complexity index is 543. The lowest BCUT2D eigenvalue weighted by molar-refractivity contribution is 0.292. The van der Waals surface area contributed by atoms with E-state index in [2.05, 4.69) is 67.5 Å². The number of benzene rings is 1. The predicted molar refractivity (Wildman–Crippen MR) is 124 cm³/mol. The van der Waals surface area contributed by atoms with Gasteiger partial charge in [-0.2, -0.15) is 0 Å². The van der Waals surface area contributed by atoms with Crippen LogP contribution in [-0.4, -0.2) is 49.6 Å². The maximum absolute atomic E-state index is 4.83. The zero-order chi connectivity index (χ0) is 18.1. The van der Waals surface area contributed by atoms with Gasteiger partial charge in [-0.1, -0.05) is 38.1 Å². The highest BCUT2D eigenvalue weighted by molar-refractivity contribution is 14.0. The molecule has 0 spiro atoms. The average molecular weight is 472 g/mol. The van der Waals surface area contributed by atoms with E-state index in [9.17, 15) is 0 Å². The van der Waals surface area contributed by atoms with E-state index in [1.807, 2.05) is 0 Å². The fourth-order valence-electron chi connectivity index (χ4n) is 3.51. The van der Waals surface area contributed by atoms with Crippen LogP contribution in [0.4, 0.5) is 0 Å². The van der Waals surface area contributed by atoms with E-state index >= 15 is 0 Å². The van der Waals surface area contributed by atoms with Crippen molar-refractivity contribution in [1.82, 2.24) is 15.5 Å². The average Bonchev–Trinajstić information content (AvgIpc) is 2.59. The topological polar surface area (TPSA) is 39.7 Å². The van der Waals surface area contributed by atoms with Gasteiger partial charge in [-0.3, -0.25) is 4.99 Å². The molecule has 1 aliphatic carbocycles. The van der Waals surface area contributed by atoms with Crippen molar-refractivity contribution in [2.45, 2.75) is 58.9 Å². The molecule has 0 aromatic heterocycles. The Morgan fingerprint density at radius 3 is 2.62 bits per heavy atom. The first-order valence-electron chi connectivity index (χ1n) is 10.0. The molecule has 0 aliphatic heterocycles. The van der Waals surface area contributed by atoms with Crippen LogP contribution in [0.15, 0.2) is 29.3 Å². The second-order valence-corrected chi connectivity index (χ2v) is 7.03. The normalized spacial score (nSPS) is 17.1. The first-order valence-corrected chi connectivity index (χ1v) is 10.0. The monoisotopic (exact) mass is 472 g/mol. The highest BCUT2D eigenvalue weighted by Gasteiger charge is 2.24. The highest BCUT2D eigenvalue weighted by Crippen LogP contribution is 2.34. The summed E-state index contributed by atoms with van der Waals surface area (Å²) in [7, 11) is 0. The van der Waals surface area contributed by atoms with Gasteiger partial charge >= 0.3 is 0 Å². The molecule has 4 nitrogen and oxygen atoms in total. The molecule has 0 fully saturated rings. The van der Waals surface area contributed by atoms with Crippen LogP contribution in [0, 0.1) is 0 Å². The van der Waals surface area contributed by atoms with Crippen LogP contribution >= 0.6 is 24.0 Å². The van der Waals surface area contributed by atoms with Gasteiger partial charge in [-0.25, -0.2) is 0 Å². The molecule has 2 unspecified atom stereocenters. The van der Waals surface area contributed by atoms with Crippen LogP contribution < -0.4 is 10.6 Å². The Labute approximate surface area is 177 Å². The maximum atomic E-state index is 4.83. The van der Waals surface area contributed by atoms with Crippen LogP contribution in [0.25, 0.3) is 0 Å². The lowest BCUT2D eigenvalue weighted by Gasteiger charge is -2.29. The quantitative estimate of drug-likeness (QED) is 0.307. The van der Waals surface area contributed by atoms with Gasteiger partial charge < -0.3 is 15.5 Å². The summed E-state index contributed by atoms with van der Waals surface area (Å²) >= 11 is 0. The largest absolute Gasteiger partial charge is 0.357 e. The lowest BCUT2D eigenvalue weighted by atomic mass is 9.78. The number of halogens is 1. The molecule has 26 heavy (non-hydrogen) atoms. The lowest BCUT2D eigenvalue weighted by Crippen LogP contribution is -2.43. The van der Waals surface area contributed by atoms with Crippen molar-refractivity contribution in [1.29, 1.82) is 0 Å². The molecule has 2 N–H and O–H groups in total. The SMILES string of the molecule is CCNC(=NCC1Cc2ccccc21)NC(C)CCCN(CC)CC.I. The molecule has 0 bridgehead atoms. The van der Waals surface area contributed by atoms with Crippen molar-refractivity contribution in [3.8, 4) is 0 Å². The summed E-state index contributed by atoms with van der Waals surface area (Å²) < 4.78 is 0. The van der Waals surface area contributed by atoms with Gasteiger partial charge in [0, 0.05) is 25.0 Å². The van der Waals surface area contributed by atoms with E-state index in [4.69, 9.17) is 4.99 Å². The van der Waals surface area contributed by atoms with E-state index in [1.54, 1.807) is 0 Å². The van der Waals surface area contributed by atoms with Gasteiger partial charge in [-0.05, 0) is 63.9 Å². The van der Waals surface area contributed by atoms with E-state index in [0.717, 1.165) is 32.1 Å². The number of hydrogen-bond donors (Lipinski definition) is 2.